The lowest BCUT2D eigenvalue weighted by Gasteiger charge is -2.35. The molecule has 1 saturated carbocycles. The Labute approximate surface area is 88.3 Å². The Kier molecular flexibility index (Phi) is 5.49. The zero-order chi connectivity index (χ0) is 10.4. The molecule has 0 aromatic heterocycles. The van der Waals surface area contributed by atoms with Gasteiger partial charge in [0, 0.05) is 6.04 Å². The first-order chi connectivity index (χ1) is 6.77. The highest BCUT2D eigenvalue weighted by atomic mass is 16.3. The van der Waals surface area contributed by atoms with Crippen molar-refractivity contribution >= 4 is 0 Å². The van der Waals surface area contributed by atoms with Gasteiger partial charge < -0.3 is 10.0 Å². The van der Waals surface area contributed by atoms with Crippen LogP contribution in [0.3, 0.4) is 0 Å². The molecule has 2 heteroatoms. The quantitative estimate of drug-likeness (QED) is 0.735. The number of rotatable bonds is 5. The first kappa shape index (κ1) is 12.0. The molecule has 0 amide bonds. The normalized spacial score (nSPS) is 28.3. The van der Waals surface area contributed by atoms with Crippen LogP contribution in [0.5, 0.6) is 0 Å². The molecule has 0 bridgehead atoms. The van der Waals surface area contributed by atoms with E-state index in [0.29, 0.717) is 6.04 Å². The third kappa shape index (κ3) is 3.58. The fourth-order valence-corrected chi connectivity index (χ4v) is 2.43. The Morgan fingerprint density at radius 1 is 1.29 bits per heavy atom. The highest BCUT2D eigenvalue weighted by molar-refractivity contribution is 4.79. The highest BCUT2D eigenvalue weighted by Gasteiger charge is 2.24. The third-order valence-corrected chi connectivity index (χ3v) is 3.34. The number of unbranched alkanes of at least 4 members (excludes halogenated alkanes) is 1. The zero-order valence-electron chi connectivity index (χ0n) is 9.71. The Hall–Kier alpha value is -0.0800. The first-order valence-electron chi connectivity index (χ1n) is 6.20. The fourth-order valence-electron chi connectivity index (χ4n) is 2.43. The van der Waals surface area contributed by atoms with Gasteiger partial charge in [-0.15, -0.1) is 0 Å². The molecule has 1 N–H and O–H groups in total. The molecule has 1 fully saturated rings. The maximum absolute atomic E-state index is 9.62. The van der Waals surface area contributed by atoms with Crippen molar-refractivity contribution in [2.24, 2.45) is 0 Å². The molecule has 2 atom stereocenters. The van der Waals surface area contributed by atoms with Crippen LogP contribution in [-0.2, 0) is 0 Å². The van der Waals surface area contributed by atoms with Gasteiger partial charge in [0.15, 0.2) is 0 Å². The van der Waals surface area contributed by atoms with Crippen LogP contribution in [0.4, 0.5) is 0 Å². The molecule has 0 spiro atoms. The highest BCUT2D eigenvalue weighted by Crippen LogP contribution is 2.23. The van der Waals surface area contributed by atoms with Crippen LogP contribution in [0.15, 0.2) is 0 Å². The summed E-state index contributed by atoms with van der Waals surface area (Å²) in [5, 5.41) is 9.62. The minimum absolute atomic E-state index is 0.0376. The van der Waals surface area contributed by atoms with Gasteiger partial charge in [0.2, 0.25) is 0 Å². The molecule has 2 unspecified atom stereocenters. The minimum atomic E-state index is -0.0376. The van der Waals surface area contributed by atoms with Crippen molar-refractivity contribution < 1.29 is 5.11 Å². The summed E-state index contributed by atoms with van der Waals surface area (Å²) < 4.78 is 0. The SMILES string of the molecule is CCCCN(CC)C1CCCC(O)C1. The van der Waals surface area contributed by atoms with Crippen molar-refractivity contribution in [1.82, 2.24) is 4.90 Å². The zero-order valence-corrected chi connectivity index (χ0v) is 9.71. The van der Waals surface area contributed by atoms with Gasteiger partial charge >= 0.3 is 0 Å². The van der Waals surface area contributed by atoms with E-state index >= 15 is 0 Å². The number of hydrogen-bond acceptors (Lipinski definition) is 2. The number of nitrogens with zero attached hydrogens (tertiary/aromatic N) is 1. The van der Waals surface area contributed by atoms with E-state index in [9.17, 15) is 5.11 Å². The van der Waals surface area contributed by atoms with Gasteiger partial charge in [-0.1, -0.05) is 20.3 Å². The summed E-state index contributed by atoms with van der Waals surface area (Å²) in [6, 6.07) is 0.648. The maximum Gasteiger partial charge on any atom is 0.0555 e. The van der Waals surface area contributed by atoms with Crippen molar-refractivity contribution in [3.05, 3.63) is 0 Å². The molecule has 0 aromatic rings. The molecule has 14 heavy (non-hydrogen) atoms. The van der Waals surface area contributed by atoms with Gasteiger partial charge in [-0.2, -0.15) is 0 Å². The first-order valence-corrected chi connectivity index (χ1v) is 6.20. The van der Waals surface area contributed by atoms with E-state index in [-0.39, 0.29) is 6.10 Å². The van der Waals surface area contributed by atoms with Crippen LogP contribution in [-0.4, -0.2) is 35.2 Å². The van der Waals surface area contributed by atoms with Crippen molar-refractivity contribution in [3.63, 3.8) is 0 Å². The lowest BCUT2D eigenvalue weighted by atomic mass is 9.91. The molecule has 0 aromatic carbocycles. The molecule has 1 aliphatic rings. The maximum atomic E-state index is 9.62. The Balaban J connectivity index is 2.34. The van der Waals surface area contributed by atoms with Gasteiger partial charge in [-0.3, -0.25) is 0 Å². The van der Waals surface area contributed by atoms with Crippen LogP contribution in [0.1, 0.15) is 52.4 Å². The molecular formula is C12H25NO. The topological polar surface area (TPSA) is 23.5 Å². The largest absolute Gasteiger partial charge is 0.393 e. The molecule has 1 rings (SSSR count). The van der Waals surface area contributed by atoms with Gasteiger partial charge in [0.1, 0.15) is 0 Å². The van der Waals surface area contributed by atoms with Crippen LogP contribution in [0, 0.1) is 0 Å². The third-order valence-electron chi connectivity index (χ3n) is 3.34. The molecular weight excluding hydrogens is 174 g/mol. The average molecular weight is 199 g/mol. The predicted molar refractivity (Wildman–Crippen MR) is 60.4 cm³/mol. The summed E-state index contributed by atoms with van der Waals surface area (Å²) in [5.41, 5.74) is 0. The van der Waals surface area contributed by atoms with E-state index in [4.69, 9.17) is 0 Å². The number of aliphatic hydroxyl groups excluding tert-OH is 1. The lowest BCUT2D eigenvalue weighted by molar-refractivity contribution is 0.0634. The number of aliphatic hydroxyl groups is 1. The second kappa shape index (κ2) is 6.41. The summed E-state index contributed by atoms with van der Waals surface area (Å²) in [5.74, 6) is 0. The smallest absolute Gasteiger partial charge is 0.0555 e. The average Bonchev–Trinajstić information content (AvgIpc) is 2.19. The standard InChI is InChI=1S/C12H25NO/c1-3-5-9-13(4-2)11-7-6-8-12(14)10-11/h11-12,14H,3-10H2,1-2H3. The van der Waals surface area contributed by atoms with E-state index in [0.717, 1.165) is 19.4 Å². The minimum Gasteiger partial charge on any atom is -0.393 e. The van der Waals surface area contributed by atoms with Crippen molar-refractivity contribution in [2.45, 2.75) is 64.5 Å². The van der Waals surface area contributed by atoms with Crippen LogP contribution >= 0.6 is 0 Å². The molecule has 84 valence electrons. The molecule has 0 saturated heterocycles. The van der Waals surface area contributed by atoms with Crippen LogP contribution in [0.2, 0.25) is 0 Å². The summed E-state index contributed by atoms with van der Waals surface area (Å²) in [4.78, 5) is 2.55. The van der Waals surface area contributed by atoms with Crippen molar-refractivity contribution in [2.75, 3.05) is 13.1 Å². The molecule has 0 aliphatic heterocycles. The second-order valence-corrected chi connectivity index (χ2v) is 4.46. The van der Waals surface area contributed by atoms with E-state index < -0.39 is 0 Å². The van der Waals surface area contributed by atoms with E-state index in [2.05, 4.69) is 18.7 Å². The van der Waals surface area contributed by atoms with Gasteiger partial charge in [0.25, 0.3) is 0 Å². The number of hydrogen-bond donors (Lipinski definition) is 1. The van der Waals surface area contributed by atoms with Gasteiger partial charge in [-0.25, -0.2) is 0 Å². The van der Waals surface area contributed by atoms with Crippen molar-refractivity contribution in [1.29, 1.82) is 0 Å². The molecule has 1 aliphatic carbocycles. The lowest BCUT2D eigenvalue weighted by Crippen LogP contribution is -2.40. The Morgan fingerprint density at radius 3 is 2.64 bits per heavy atom. The molecule has 0 heterocycles. The van der Waals surface area contributed by atoms with E-state index in [1.807, 2.05) is 0 Å². The summed E-state index contributed by atoms with van der Waals surface area (Å²) in [6.45, 7) is 6.82. The van der Waals surface area contributed by atoms with E-state index in [1.165, 1.54) is 32.2 Å². The van der Waals surface area contributed by atoms with Gasteiger partial charge in [-0.05, 0) is 45.2 Å². The van der Waals surface area contributed by atoms with Crippen LogP contribution in [0.25, 0.3) is 0 Å². The van der Waals surface area contributed by atoms with Crippen LogP contribution < -0.4 is 0 Å². The Morgan fingerprint density at radius 2 is 2.07 bits per heavy atom. The summed E-state index contributed by atoms with van der Waals surface area (Å²) >= 11 is 0. The predicted octanol–water partition coefficient (Wildman–Crippen LogP) is 2.41. The van der Waals surface area contributed by atoms with Crippen molar-refractivity contribution in [3.8, 4) is 0 Å². The fraction of sp³-hybridized carbons (Fsp3) is 1.00. The van der Waals surface area contributed by atoms with Gasteiger partial charge in [0.05, 0.1) is 6.10 Å². The van der Waals surface area contributed by atoms with E-state index in [1.54, 1.807) is 0 Å². The second-order valence-electron chi connectivity index (χ2n) is 4.46. The monoisotopic (exact) mass is 199 g/mol. The molecule has 2 nitrogen and oxygen atoms in total. The Bertz CT molecular complexity index is 149. The summed E-state index contributed by atoms with van der Waals surface area (Å²) in [7, 11) is 0. The molecule has 0 radical (unpaired) electrons. The summed E-state index contributed by atoms with van der Waals surface area (Å²) in [6.07, 6.45) is 7.03.